The number of ether oxygens (including phenoxy) is 1. The van der Waals surface area contributed by atoms with Crippen LogP contribution in [0.2, 0.25) is 0 Å². The lowest BCUT2D eigenvalue weighted by Crippen LogP contribution is -2.21. The Morgan fingerprint density at radius 2 is 1.70 bits per heavy atom. The zero-order chi connectivity index (χ0) is 31.3. The topological polar surface area (TPSA) is 120 Å². The highest BCUT2D eigenvalue weighted by Crippen LogP contribution is 2.36. The summed E-state index contributed by atoms with van der Waals surface area (Å²) >= 11 is 0. The number of halogens is 7. The number of hydrogen-bond acceptors (Lipinski definition) is 6. The van der Waals surface area contributed by atoms with E-state index in [0.717, 1.165) is 18.2 Å². The molecular formula is C26H18F7N7O3. The Bertz CT molecular complexity index is 1910. The van der Waals surface area contributed by atoms with Gasteiger partial charge in [-0.05, 0) is 38.1 Å². The molecule has 0 radical (unpaired) electrons. The maximum atomic E-state index is 15.0. The Morgan fingerprint density at radius 3 is 2.35 bits per heavy atom. The fraction of sp³-hybridized carbons (Fsp3) is 0.192. The quantitative estimate of drug-likeness (QED) is 0.224. The van der Waals surface area contributed by atoms with Crippen LogP contribution in [0.3, 0.4) is 0 Å². The molecular weight excluding hydrogens is 591 g/mol. The average molecular weight is 609 g/mol. The number of carbonyl (C=O) groups is 1. The minimum Gasteiger partial charge on any atom is -0.452 e. The van der Waals surface area contributed by atoms with Crippen LogP contribution in [-0.2, 0) is 12.4 Å². The first-order valence-corrected chi connectivity index (χ1v) is 12.2. The van der Waals surface area contributed by atoms with Gasteiger partial charge in [-0.2, -0.15) is 31.4 Å². The van der Waals surface area contributed by atoms with Crippen molar-refractivity contribution < 1.29 is 40.3 Å². The number of carbonyl (C=O) groups excluding carboxylic acids is 1. The number of pyridine rings is 2. The van der Waals surface area contributed by atoms with Crippen molar-refractivity contribution in [2.75, 3.05) is 5.32 Å². The molecule has 43 heavy (non-hydrogen) atoms. The monoisotopic (exact) mass is 609 g/mol. The fourth-order valence-corrected chi connectivity index (χ4v) is 4.25. The lowest BCUT2D eigenvalue weighted by atomic mass is 10.2. The molecule has 0 bridgehead atoms. The molecule has 0 fully saturated rings. The maximum Gasteiger partial charge on any atom is 0.434 e. The van der Waals surface area contributed by atoms with Crippen molar-refractivity contribution in [1.29, 1.82) is 0 Å². The van der Waals surface area contributed by atoms with E-state index in [-0.39, 0.29) is 39.1 Å². The molecule has 0 saturated carbocycles. The first-order chi connectivity index (χ1) is 20.1. The highest BCUT2D eigenvalue weighted by atomic mass is 19.4. The molecule has 0 aliphatic rings. The number of nitrogens with zero attached hydrogens (tertiary/aromatic N) is 5. The summed E-state index contributed by atoms with van der Waals surface area (Å²) in [4.78, 5) is 35.3. The molecule has 2 N–H and O–H groups in total. The van der Waals surface area contributed by atoms with Crippen LogP contribution in [0.1, 0.15) is 41.5 Å². The van der Waals surface area contributed by atoms with Crippen LogP contribution < -0.4 is 15.7 Å². The van der Waals surface area contributed by atoms with E-state index in [9.17, 15) is 35.9 Å². The van der Waals surface area contributed by atoms with E-state index in [1.807, 2.05) is 0 Å². The first-order valence-electron chi connectivity index (χ1n) is 12.2. The molecule has 1 amide bonds. The second kappa shape index (κ2) is 10.6. The molecule has 0 spiro atoms. The molecule has 0 saturated heterocycles. The van der Waals surface area contributed by atoms with E-state index in [4.69, 9.17) is 4.74 Å². The van der Waals surface area contributed by atoms with Gasteiger partial charge in [0.25, 0.3) is 5.91 Å². The minimum absolute atomic E-state index is 0.0644. The lowest BCUT2D eigenvalue weighted by molar-refractivity contribution is -0.143. The number of benzene rings is 1. The van der Waals surface area contributed by atoms with Gasteiger partial charge in [-0.25, -0.2) is 23.8 Å². The summed E-state index contributed by atoms with van der Waals surface area (Å²) < 4.78 is 103. The summed E-state index contributed by atoms with van der Waals surface area (Å²) in [7, 11) is 0. The molecule has 4 heterocycles. The van der Waals surface area contributed by atoms with Gasteiger partial charge in [0.15, 0.2) is 34.5 Å². The van der Waals surface area contributed by atoms with Gasteiger partial charge in [0, 0.05) is 36.3 Å². The van der Waals surface area contributed by atoms with Crippen molar-refractivity contribution >= 4 is 22.8 Å². The van der Waals surface area contributed by atoms with Crippen LogP contribution in [0, 0.1) is 5.82 Å². The number of amides is 1. The molecule has 224 valence electrons. The predicted molar refractivity (Wildman–Crippen MR) is 137 cm³/mol. The molecule has 5 rings (SSSR count). The third-order valence-corrected chi connectivity index (χ3v) is 6.07. The largest absolute Gasteiger partial charge is 0.452 e. The van der Waals surface area contributed by atoms with Gasteiger partial charge >= 0.3 is 18.0 Å². The molecule has 0 aliphatic heterocycles. The van der Waals surface area contributed by atoms with Gasteiger partial charge in [-0.3, -0.25) is 14.3 Å². The van der Waals surface area contributed by atoms with Crippen LogP contribution >= 0.6 is 0 Å². The summed E-state index contributed by atoms with van der Waals surface area (Å²) in [6, 6.07) is 5.04. The van der Waals surface area contributed by atoms with Gasteiger partial charge < -0.3 is 10.1 Å². The summed E-state index contributed by atoms with van der Waals surface area (Å²) in [6.07, 6.45) is -7.62. The number of aromatic amines is 1. The number of imidazole rings is 1. The van der Waals surface area contributed by atoms with E-state index in [2.05, 4.69) is 25.4 Å². The van der Waals surface area contributed by atoms with Crippen LogP contribution in [-0.4, -0.2) is 35.2 Å². The van der Waals surface area contributed by atoms with E-state index in [0.29, 0.717) is 24.5 Å². The molecule has 0 atom stereocenters. The van der Waals surface area contributed by atoms with Gasteiger partial charge in [0.1, 0.15) is 5.52 Å². The second-order valence-electron chi connectivity index (χ2n) is 9.32. The molecule has 17 heteroatoms. The van der Waals surface area contributed by atoms with Crippen molar-refractivity contribution in [3.8, 4) is 17.3 Å². The fourth-order valence-electron chi connectivity index (χ4n) is 4.25. The molecule has 4 aromatic heterocycles. The predicted octanol–water partition coefficient (Wildman–Crippen LogP) is 6.11. The van der Waals surface area contributed by atoms with E-state index in [1.165, 1.54) is 16.8 Å². The number of aromatic nitrogens is 6. The summed E-state index contributed by atoms with van der Waals surface area (Å²) in [5.41, 5.74) is -4.28. The summed E-state index contributed by atoms with van der Waals surface area (Å²) in [6.45, 7) is 3.49. The lowest BCUT2D eigenvalue weighted by Gasteiger charge is -2.14. The van der Waals surface area contributed by atoms with Crippen LogP contribution in [0.4, 0.5) is 36.4 Å². The Kier molecular flexibility index (Phi) is 7.19. The molecule has 5 aromatic rings. The SMILES string of the molecule is CC(C)n1c(=O)[nH]c2nccc(Oc3ccc(NC(=O)c4cnn(-c5cc(C(F)(F)F)ccn5)c4C(F)(F)F)cc3F)c21. The van der Waals surface area contributed by atoms with Crippen molar-refractivity contribution in [2.24, 2.45) is 0 Å². The molecule has 1 aromatic carbocycles. The Balaban J connectivity index is 1.43. The maximum absolute atomic E-state index is 15.0. The number of fused-ring (bicyclic) bond motifs is 1. The molecule has 10 nitrogen and oxygen atoms in total. The number of anilines is 1. The normalized spacial score (nSPS) is 12.2. The van der Waals surface area contributed by atoms with Crippen LogP contribution in [0.5, 0.6) is 11.5 Å². The smallest absolute Gasteiger partial charge is 0.434 e. The highest BCUT2D eigenvalue weighted by molar-refractivity contribution is 6.05. The zero-order valence-corrected chi connectivity index (χ0v) is 21.9. The van der Waals surface area contributed by atoms with E-state index in [1.54, 1.807) is 13.8 Å². The molecule has 0 aliphatic carbocycles. The highest BCUT2D eigenvalue weighted by Gasteiger charge is 2.41. The standard InChI is InChI=1S/C26H18F7N7O3/c1-12(2)39-20-18(6-8-35-22(20)38-24(39)42)43-17-4-3-14(10-16(17)27)37-23(41)15-11-36-40(21(15)26(31,32)33)19-9-13(5-7-34-19)25(28,29)30/h3-12H,1-2H3,(H,37,41)(H,35,38,42). The Morgan fingerprint density at radius 1 is 0.977 bits per heavy atom. The number of nitrogens with one attached hydrogen (secondary N) is 2. The minimum atomic E-state index is -5.24. The van der Waals surface area contributed by atoms with Crippen molar-refractivity contribution in [3.63, 3.8) is 0 Å². The van der Waals surface area contributed by atoms with Gasteiger partial charge in [0.05, 0.1) is 17.3 Å². The Hall–Kier alpha value is -5.22. The van der Waals surface area contributed by atoms with E-state index < -0.39 is 52.4 Å². The third-order valence-electron chi connectivity index (χ3n) is 6.07. The third kappa shape index (κ3) is 5.64. The second-order valence-corrected chi connectivity index (χ2v) is 9.32. The first kappa shape index (κ1) is 29.3. The number of rotatable bonds is 6. The van der Waals surface area contributed by atoms with Crippen molar-refractivity contribution in [3.05, 3.63) is 88.1 Å². The van der Waals surface area contributed by atoms with Crippen molar-refractivity contribution in [1.82, 2.24) is 29.3 Å². The summed E-state index contributed by atoms with van der Waals surface area (Å²) in [5.74, 6) is -3.48. The number of hydrogen-bond donors (Lipinski definition) is 2. The average Bonchev–Trinajstić information content (AvgIpc) is 3.52. The van der Waals surface area contributed by atoms with Gasteiger partial charge in [-0.15, -0.1) is 0 Å². The van der Waals surface area contributed by atoms with Crippen LogP contribution in [0.25, 0.3) is 17.0 Å². The zero-order valence-electron chi connectivity index (χ0n) is 21.9. The van der Waals surface area contributed by atoms with Crippen molar-refractivity contribution in [2.45, 2.75) is 32.2 Å². The number of alkyl halides is 6. The Labute approximate surface area is 235 Å². The van der Waals surface area contributed by atoms with E-state index >= 15 is 4.39 Å². The summed E-state index contributed by atoms with van der Waals surface area (Å²) in [5, 5.41) is 5.55. The molecule has 0 unspecified atom stereocenters. The van der Waals surface area contributed by atoms with Gasteiger partial charge in [0.2, 0.25) is 0 Å². The van der Waals surface area contributed by atoms with Gasteiger partial charge in [-0.1, -0.05) is 0 Å². The number of H-pyrrole nitrogens is 1. The van der Waals surface area contributed by atoms with Crippen LogP contribution in [0.15, 0.2) is 59.8 Å².